The lowest BCUT2D eigenvalue weighted by Crippen LogP contribution is -2.13. The second-order valence-electron chi connectivity index (χ2n) is 3.26. The van der Waals surface area contributed by atoms with Gasteiger partial charge in [-0.05, 0) is 13.3 Å². The van der Waals surface area contributed by atoms with Crippen LogP contribution in [0.25, 0.3) is 0 Å². The van der Waals surface area contributed by atoms with E-state index in [1.165, 1.54) is 13.0 Å². The van der Waals surface area contributed by atoms with Crippen molar-refractivity contribution in [2.45, 2.75) is 26.4 Å². The Balaban J connectivity index is -0.000000108. The zero-order chi connectivity index (χ0) is 19.3. The molecule has 0 bridgehead atoms. The molecule has 130 valence electrons. The summed E-state index contributed by atoms with van der Waals surface area (Å²) in [6.07, 6.45) is 2.81. The van der Waals surface area contributed by atoms with Crippen LogP contribution in [0.15, 0.2) is 38.0 Å². The van der Waals surface area contributed by atoms with E-state index in [2.05, 4.69) is 24.5 Å². The summed E-state index contributed by atoms with van der Waals surface area (Å²) < 4.78 is 4.58. The summed E-state index contributed by atoms with van der Waals surface area (Å²) in [4.78, 5) is 28.9. The molecule has 0 saturated heterocycles. The number of esters is 1. The van der Waals surface area contributed by atoms with Gasteiger partial charge in [-0.3, -0.25) is 0 Å². The largest absolute Gasteiger partial charge is 0.479 e. The SMILES string of the molecule is C=CC#N.C=CC(=O)O.C=CC(=O)OCCC.C[C@@H](O)C(=O)O. The molecule has 0 fully saturated rings. The van der Waals surface area contributed by atoms with Crippen LogP contribution in [0.4, 0.5) is 0 Å². The molecule has 0 aliphatic carbocycles. The van der Waals surface area contributed by atoms with E-state index in [0.717, 1.165) is 18.6 Å². The van der Waals surface area contributed by atoms with Crippen molar-refractivity contribution in [3.05, 3.63) is 38.0 Å². The molecule has 0 saturated carbocycles. The van der Waals surface area contributed by atoms with Crippen LogP contribution in [0.2, 0.25) is 0 Å². The van der Waals surface area contributed by atoms with Crippen LogP contribution in [0.1, 0.15) is 20.3 Å². The molecule has 0 rings (SSSR count). The Morgan fingerprint density at radius 2 is 1.57 bits per heavy atom. The molecular weight excluding hydrogens is 306 g/mol. The first kappa shape index (κ1) is 28.3. The summed E-state index contributed by atoms with van der Waals surface area (Å²) in [5, 5.41) is 30.9. The minimum absolute atomic E-state index is 0.341. The number of carboxylic acid groups (broad SMARTS) is 2. The van der Waals surface area contributed by atoms with Gasteiger partial charge in [0.1, 0.15) is 6.10 Å². The second-order valence-corrected chi connectivity index (χ2v) is 3.26. The van der Waals surface area contributed by atoms with Crippen LogP contribution >= 0.6 is 0 Å². The van der Waals surface area contributed by atoms with E-state index in [1.54, 1.807) is 6.07 Å². The summed E-state index contributed by atoms with van der Waals surface area (Å²) in [6.45, 7) is 12.9. The topological polar surface area (TPSA) is 145 Å². The molecule has 23 heavy (non-hydrogen) atoms. The number of carbonyl (C=O) groups excluding carboxylic acids is 1. The highest BCUT2D eigenvalue weighted by Gasteiger charge is 2.01. The number of hydrogen-bond acceptors (Lipinski definition) is 6. The van der Waals surface area contributed by atoms with Crippen molar-refractivity contribution in [1.82, 2.24) is 0 Å². The van der Waals surface area contributed by atoms with Crippen LogP contribution < -0.4 is 0 Å². The van der Waals surface area contributed by atoms with E-state index in [4.69, 9.17) is 20.6 Å². The van der Waals surface area contributed by atoms with Crippen LogP contribution in [0, 0.1) is 11.3 Å². The van der Waals surface area contributed by atoms with E-state index < -0.39 is 18.0 Å². The molecule has 0 aliphatic rings. The lowest BCUT2D eigenvalue weighted by atomic mass is 10.4. The van der Waals surface area contributed by atoms with Gasteiger partial charge in [-0.2, -0.15) is 5.26 Å². The Labute approximate surface area is 135 Å². The smallest absolute Gasteiger partial charge is 0.332 e. The summed E-state index contributed by atoms with van der Waals surface area (Å²) >= 11 is 0. The molecule has 0 heterocycles. The third-order valence-electron chi connectivity index (χ3n) is 1.24. The number of hydrogen-bond donors (Lipinski definition) is 3. The maximum Gasteiger partial charge on any atom is 0.332 e. The first-order valence-corrected chi connectivity index (χ1v) is 6.20. The number of carboxylic acids is 2. The Morgan fingerprint density at radius 1 is 1.22 bits per heavy atom. The van der Waals surface area contributed by atoms with Crippen molar-refractivity contribution in [3.8, 4) is 6.07 Å². The highest BCUT2D eigenvalue weighted by atomic mass is 16.5. The predicted molar refractivity (Wildman–Crippen MR) is 84.4 cm³/mol. The van der Waals surface area contributed by atoms with Gasteiger partial charge in [-0.25, -0.2) is 14.4 Å². The number of aliphatic carboxylic acids is 2. The summed E-state index contributed by atoms with van der Waals surface area (Å²) in [7, 11) is 0. The predicted octanol–water partition coefficient (Wildman–Crippen LogP) is 1.53. The average molecular weight is 329 g/mol. The van der Waals surface area contributed by atoms with Crippen molar-refractivity contribution in [2.75, 3.05) is 6.61 Å². The number of aliphatic hydroxyl groups excluding tert-OH is 1. The molecule has 8 nitrogen and oxygen atoms in total. The van der Waals surface area contributed by atoms with Gasteiger partial charge in [-0.1, -0.05) is 26.7 Å². The van der Waals surface area contributed by atoms with Gasteiger partial charge in [0.2, 0.25) is 0 Å². The van der Waals surface area contributed by atoms with Gasteiger partial charge in [0.25, 0.3) is 0 Å². The fourth-order valence-electron chi connectivity index (χ4n) is 0.262. The fraction of sp³-hybridized carbons (Fsp3) is 0.333. The minimum atomic E-state index is -1.23. The summed E-state index contributed by atoms with van der Waals surface area (Å²) in [5.74, 6) is -2.51. The molecule has 3 N–H and O–H groups in total. The van der Waals surface area contributed by atoms with Crippen molar-refractivity contribution in [3.63, 3.8) is 0 Å². The molecule has 0 spiro atoms. The Kier molecular flexibility index (Phi) is 29.6. The van der Waals surface area contributed by atoms with Gasteiger partial charge >= 0.3 is 17.9 Å². The number of rotatable bonds is 5. The standard InChI is InChI=1S/C6H10O2.C3H3N.C3H6O3.C3H4O2/c1-3-5-8-6(7)4-2;1-2-3-4;1-2(4)3(5)6;1-2-3(4)5/h4H,2-3,5H2,1H3;2H,1H2;2,4H,1H3,(H,5,6);2H,1H2,(H,4,5)/t;;2-;/m..1./s1. The quantitative estimate of drug-likeness (QED) is 0.391. The van der Waals surface area contributed by atoms with Gasteiger partial charge in [0.05, 0.1) is 12.7 Å². The number of ether oxygens (including phenoxy) is 1. The molecule has 0 aliphatic heterocycles. The molecular formula is C15H23NO7. The lowest BCUT2D eigenvalue weighted by Gasteiger charge is -1.94. The molecule has 8 heteroatoms. The highest BCUT2D eigenvalue weighted by Crippen LogP contribution is 1.81. The molecule has 0 radical (unpaired) electrons. The third kappa shape index (κ3) is 54.8. The maximum atomic E-state index is 10.2. The maximum absolute atomic E-state index is 10.2. The van der Waals surface area contributed by atoms with Crippen LogP contribution in [-0.4, -0.2) is 45.9 Å². The van der Waals surface area contributed by atoms with Gasteiger partial charge < -0.3 is 20.1 Å². The van der Waals surface area contributed by atoms with E-state index in [9.17, 15) is 14.4 Å². The summed E-state index contributed by atoms with van der Waals surface area (Å²) in [5.41, 5.74) is 0. The van der Waals surface area contributed by atoms with Gasteiger partial charge in [0, 0.05) is 18.2 Å². The summed E-state index contributed by atoms with van der Waals surface area (Å²) in [6, 6.07) is 1.69. The number of nitrogens with zero attached hydrogens (tertiary/aromatic N) is 1. The first-order valence-electron chi connectivity index (χ1n) is 6.20. The van der Waals surface area contributed by atoms with Gasteiger partial charge in [0.15, 0.2) is 0 Å². The molecule has 0 unspecified atom stereocenters. The van der Waals surface area contributed by atoms with Crippen LogP contribution in [0.3, 0.4) is 0 Å². The zero-order valence-electron chi connectivity index (χ0n) is 13.3. The van der Waals surface area contributed by atoms with Crippen molar-refractivity contribution >= 4 is 17.9 Å². The van der Waals surface area contributed by atoms with Crippen molar-refractivity contribution in [2.24, 2.45) is 0 Å². The molecule has 1 atom stereocenters. The highest BCUT2D eigenvalue weighted by molar-refractivity contribution is 5.81. The van der Waals surface area contributed by atoms with Crippen molar-refractivity contribution < 1.29 is 34.4 Å². The van der Waals surface area contributed by atoms with Crippen molar-refractivity contribution in [1.29, 1.82) is 5.26 Å². The van der Waals surface area contributed by atoms with Crippen LogP contribution in [0.5, 0.6) is 0 Å². The first-order chi connectivity index (χ1) is 10.6. The lowest BCUT2D eigenvalue weighted by molar-refractivity contribution is -0.145. The molecule has 0 aromatic carbocycles. The second kappa shape index (κ2) is 24.1. The van der Waals surface area contributed by atoms with E-state index in [-0.39, 0.29) is 5.97 Å². The number of nitriles is 1. The van der Waals surface area contributed by atoms with Gasteiger partial charge in [-0.15, -0.1) is 0 Å². The number of carbonyl (C=O) groups is 3. The normalized spacial score (nSPS) is 8.43. The van der Waals surface area contributed by atoms with E-state index in [1.807, 2.05) is 6.92 Å². The molecule has 0 aromatic rings. The van der Waals surface area contributed by atoms with Crippen LogP contribution in [-0.2, 0) is 19.1 Å². The monoisotopic (exact) mass is 329 g/mol. The number of allylic oxidation sites excluding steroid dienone is 1. The Morgan fingerprint density at radius 3 is 1.70 bits per heavy atom. The Bertz CT molecular complexity index is 409. The number of aliphatic hydroxyl groups is 1. The molecule has 0 aromatic heterocycles. The third-order valence-corrected chi connectivity index (χ3v) is 1.24. The molecule has 0 amide bonds. The minimum Gasteiger partial charge on any atom is -0.479 e. The Hall–Kier alpha value is -2.92. The zero-order valence-corrected chi connectivity index (χ0v) is 13.3. The fourth-order valence-corrected chi connectivity index (χ4v) is 0.262. The van der Waals surface area contributed by atoms with E-state index >= 15 is 0 Å². The van der Waals surface area contributed by atoms with E-state index in [0.29, 0.717) is 6.61 Å². The average Bonchev–Trinajstić information content (AvgIpc) is 2.53.